The number of nitrogens with zero attached hydrogens (tertiary/aromatic N) is 1. The minimum Gasteiger partial charge on any atom is -0.387 e. The van der Waals surface area contributed by atoms with E-state index in [1.807, 2.05) is 0 Å². The van der Waals surface area contributed by atoms with E-state index in [2.05, 4.69) is 10.3 Å². The van der Waals surface area contributed by atoms with E-state index in [9.17, 15) is 9.90 Å². The number of hydrogen-bond acceptors (Lipinski definition) is 4. The molecule has 1 aromatic heterocycles. The number of halogens is 1. The SMILES string of the molecule is Cc1ncsc1C(=O)NCC(O)c1ccccc1Cl. The number of aryl methyl sites for hydroxylation is 1. The highest BCUT2D eigenvalue weighted by atomic mass is 35.5. The molecule has 0 spiro atoms. The summed E-state index contributed by atoms with van der Waals surface area (Å²) in [4.78, 5) is 16.4. The van der Waals surface area contributed by atoms with Crippen molar-refractivity contribution in [1.82, 2.24) is 10.3 Å². The Morgan fingerprint density at radius 1 is 1.53 bits per heavy atom. The van der Waals surface area contributed by atoms with Gasteiger partial charge in [0.05, 0.1) is 17.3 Å². The smallest absolute Gasteiger partial charge is 0.263 e. The molecule has 2 N–H and O–H groups in total. The van der Waals surface area contributed by atoms with Crippen LogP contribution < -0.4 is 5.32 Å². The summed E-state index contributed by atoms with van der Waals surface area (Å²) in [6.45, 7) is 1.88. The minimum atomic E-state index is -0.828. The average Bonchev–Trinajstić information content (AvgIpc) is 2.82. The van der Waals surface area contributed by atoms with Gasteiger partial charge >= 0.3 is 0 Å². The molecule has 0 saturated heterocycles. The lowest BCUT2D eigenvalue weighted by Gasteiger charge is -2.13. The van der Waals surface area contributed by atoms with Gasteiger partial charge in [0.25, 0.3) is 5.91 Å². The van der Waals surface area contributed by atoms with Crippen molar-refractivity contribution < 1.29 is 9.90 Å². The molecule has 0 aliphatic rings. The summed E-state index contributed by atoms with van der Waals surface area (Å²) < 4.78 is 0. The van der Waals surface area contributed by atoms with Gasteiger partial charge in [0.15, 0.2) is 0 Å². The molecule has 4 nitrogen and oxygen atoms in total. The van der Waals surface area contributed by atoms with Gasteiger partial charge in [0.2, 0.25) is 0 Å². The Bertz CT molecular complexity index is 586. The largest absolute Gasteiger partial charge is 0.387 e. The zero-order valence-corrected chi connectivity index (χ0v) is 11.8. The normalized spacial score (nSPS) is 12.2. The Morgan fingerprint density at radius 3 is 2.89 bits per heavy atom. The number of amides is 1. The standard InChI is InChI=1S/C13H13ClN2O2S/c1-8-12(19-7-16-8)13(18)15-6-11(17)9-4-2-3-5-10(9)14/h2-5,7,11,17H,6H2,1H3,(H,15,18). The first-order valence-corrected chi connectivity index (χ1v) is 6.96. The van der Waals surface area contributed by atoms with Gasteiger partial charge in [-0.25, -0.2) is 4.98 Å². The number of carbonyl (C=O) groups is 1. The van der Waals surface area contributed by atoms with Crippen molar-refractivity contribution in [1.29, 1.82) is 0 Å². The van der Waals surface area contributed by atoms with E-state index in [1.54, 1.807) is 36.7 Å². The van der Waals surface area contributed by atoms with Crippen molar-refractivity contribution in [2.45, 2.75) is 13.0 Å². The predicted molar refractivity (Wildman–Crippen MR) is 75.6 cm³/mol. The maximum Gasteiger partial charge on any atom is 0.263 e. The van der Waals surface area contributed by atoms with E-state index in [0.717, 1.165) is 0 Å². The fraction of sp³-hybridized carbons (Fsp3) is 0.231. The molecule has 1 aromatic carbocycles. The average molecular weight is 297 g/mol. The maximum absolute atomic E-state index is 11.9. The van der Waals surface area contributed by atoms with Crippen LogP contribution in [0.3, 0.4) is 0 Å². The van der Waals surface area contributed by atoms with Crippen LogP contribution in [0.5, 0.6) is 0 Å². The first kappa shape index (κ1) is 14.0. The van der Waals surface area contributed by atoms with Gasteiger partial charge in [0, 0.05) is 17.1 Å². The topological polar surface area (TPSA) is 62.2 Å². The lowest BCUT2D eigenvalue weighted by atomic mass is 10.1. The third-order valence-corrected chi connectivity index (χ3v) is 3.94. The summed E-state index contributed by atoms with van der Waals surface area (Å²) in [7, 11) is 0. The van der Waals surface area contributed by atoms with Crippen LogP contribution in [-0.2, 0) is 0 Å². The molecule has 2 rings (SSSR count). The third kappa shape index (κ3) is 3.32. The van der Waals surface area contributed by atoms with Gasteiger partial charge in [0.1, 0.15) is 4.88 Å². The number of benzene rings is 1. The van der Waals surface area contributed by atoms with Gasteiger partial charge in [-0.15, -0.1) is 11.3 Å². The number of aromatic nitrogens is 1. The van der Waals surface area contributed by atoms with Crippen LogP contribution in [0.1, 0.15) is 27.0 Å². The molecule has 0 aliphatic carbocycles. The summed E-state index contributed by atoms with van der Waals surface area (Å²) in [5.41, 5.74) is 2.91. The molecule has 1 unspecified atom stereocenters. The van der Waals surface area contributed by atoms with Crippen molar-refractivity contribution in [2.24, 2.45) is 0 Å². The number of rotatable bonds is 4. The van der Waals surface area contributed by atoms with Crippen LogP contribution in [0.4, 0.5) is 0 Å². The number of aliphatic hydroxyl groups is 1. The molecule has 2 aromatic rings. The van der Waals surface area contributed by atoms with Crippen molar-refractivity contribution >= 4 is 28.8 Å². The number of aliphatic hydroxyl groups excluding tert-OH is 1. The Labute approximate surface area is 120 Å². The number of nitrogens with one attached hydrogen (secondary N) is 1. The summed E-state index contributed by atoms with van der Waals surface area (Å²) in [6.07, 6.45) is -0.828. The van der Waals surface area contributed by atoms with Crippen LogP contribution in [0, 0.1) is 6.92 Å². The highest BCUT2D eigenvalue weighted by molar-refractivity contribution is 7.11. The number of thiazole rings is 1. The molecule has 0 saturated carbocycles. The maximum atomic E-state index is 11.9. The van der Waals surface area contributed by atoms with Gasteiger partial charge in [-0.1, -0.05) is 29.8 Å². The van der Waals surface area contributed by atoms with E-state index in [4.69, 9.17) is 11.6 Å². The van der Waals surface area contributed by atoms with Crippen LogP contribution >= 0.6 is 22.9 Å². The summed E-state index contributed by atoms with van der Waals surface area (Å²) >= 11 is 7.26. The Kier molecular flexibility index (Phi) is 4.52. The second kappa shape index (κ2) is 6.14. The predicted octanol–water partition coefficient (Wildman–Crippen LogP) is 2.57. The van der Waals surface area contributed by atoms with Crippen molar-refractivity contribution in [2.75, 3.05) is 6.54 Å². The van der Waals surface area contributed by atoms with Gasteiger partial charge in [-0.3, -0.25) is 4.79 Å². The van der Waals surface area contributed by atoms with E-state index in [0.29, 0.717) is 21.2 Å². The fourth-order valence-electron chi connectivity index (χ4n) is 1.64. The quantitative estimate of drug-likeness (QED) is 0.911. The molecule has 0 fully saturated rings. The number of carbonyl (C=O) groups excluding carboxylic acids is 1. The molecule has 0 radical (unpaired) electrons. The van der Waals surface area contributed by atoms with Crippen molar-refractivity contribution in [3.63, 3.8) is 0 Å². The van der Waals surface area contributed by atoms with Gasteiger partial charge in [-0.05, 0) is 13.0 Å². The molecule has 19 heavy (non-hydrogen) atoms. The van der Waals surface area contributed by atoms with Crippen molar-refractivity contribution in [3.8, 4) is 0 Å². The molecule has 100 valence electrons. The molecule has 1 amide bonds. The summed E-state index contributed by atoms with van der Waals surface area (Å²) in [6, 6.07) is 7.02. The monoisotopic (exact) mass is 296 g/mol. The highest BCUT2D eigenvalue weighted by Crippen LogP contribution is 2.22. The summed E-state index contributed by atoms with van der Waals surface area (Å²) in [5.74, 6) is -0.230. The van der Waals surface area contributed by atoms with Gasteiger partial charge in [-0.2, -0.15) is 0 Å². The minimum absolute atomic E-state index is 0.111. The van der Waals surface area contributed by atoms with E-state index >= 15 is 0 Å². The van der Waals surface area contributed by atoms with Crippen LogP contribution in [0.2, 0.25) is 5.02 Å². The Morgan fingerprint density at radius 2 is 2.26 bits per heavy atom. The lowest BCUT2D eigenvalue weighted by Crippen LogP contribution is -2.28. The van der Waals surface area contributed by atoms with E-state index < -0.39 is 6.10 Å². The second-order valence-electron chi connectivity index (χ2n) is 4.01. The van der Waals surface area contributed by atoms with Crippen molar-refractivity contribution in [3.05, 3.63) is 50.9 Å². The Balaban J connectivity index is 1.98. The summed E-state index contributed by atoms with van der Waals surface area (Å²) in [5, 5.41) is 13.2. The Hall–Kier alpha value is -1.43. The number of hydrogen-bond donors (Lipinski definition) is 2. The van der Waals surface area contributed by atoms with Crippen LogP contribution in [0.15, 0.2) is 29.8 Å². The van der Waals surface area contributed by atoms with E-state index in [1.165, 1.54) is 11.3 Å². The molecule has 0 aliphatic heterocycles. The van der Waals surface area contributed by atoms with Gasteiger partial charge < -0.3 is 10.4 Å². The molecule has 1 atom stereocenters. The molecule has 6 heteroatoms. The van der Waals surface area contributed by atoms with Crippen LogP contribution in [0.25, 0.3) is 0 Å². The zero-order valence-electron chi connectivity index (χ0n) is 10.3. The lowest BCUT2D eigenvalue weighted by molar-refractivity contribution is 0.0919. The second-order valence-corrected chi connectivity index (χ2v) is 5.28. The molecular weight excluding hydrogens is 284 g/mol. The molecule has 1 heterocycles. The zero-order chi connectivity index (χ0) is 13.8. The fourth-order valence-corrected chi connectivity index (χ4v) is 2.63. The first-order chi connectivity index (χ1) is 9.09. The first-order valence-electron chi connectivity index (χ1n) is 5.70. The van der Waals surface area contributed by atoms with E-state index in [-0.39, 0.29) is 12.5 Å². The molecular formula is C13H13ClN2O2S. The highest BCUT2D eigenvalue weighted by Gasteiger charge is 2.15. The third-order valence-electron chi connectivity index (χ3n) is 2.67. The molecule has 0 bridgehead atoms. The van der Waals surface area contributed by atoms with Crippen LogP contribution in [-0.4, -0.2) is 22.5 Å².